The molecule has 7 heteroatoms. The van der Waals surface area contributed by atoms with Crippen molar-refractivity contribution >= 4 is 41.5 Å². The van der Waals surface area contributed by atoms with Crippen molar-refractivity contribution in [2.24, 2.45) is 5.92 Å². The molecule has 2 saturated heterocycles. The fourth-order valence-corrected chi connectivity index (χ4v) is 3.46. The van der Waals surface area contributed by atoms with Gasteiger partial charge in [-0.25, -0.2) is 0 Å². The van der Waals surface area contributed by atoms with Gasteiger partial charge in [-0.15, -0.1) is 12.4 Å². The highest BCUT2D eigenvalue weighted by Gasteiger charge is 2.36. The van der Waals surface area contributed by atoms with Crippen LogP contribution in [0.1, 0.15) is 26.2 Å². The lowest BCUT2D eigenvalue weighted by atomic mass is 9.99. The van der Waals surface area contributed by atoms with E-state index in [9.17, 15) is 9.59 Å². The Labute approximate surface area is 153 Å². The van der Waals surface area contributed by atoms with Crippen LogP contribution >= 0.6 is 24.0 Å². The molecular weight excluding hydrogens is 349 g/mol. The largest absolute Gasteiger partial charge is 0.353 e. The number of rotatable bonds is 3. The molecule has 5 nitrogen and oxygen atoms in total. The molecule has 2 aliphatic rings. The SMILES string of the molecule is CC1CC(NC(=O)C2CC(=O)N(c3ccc(Cl)cc3)C2)CCN1.Cl. The summed E-state index contributed by atoms with van der Waals surface area (Å²) in [5.74, 6) is -0.288. The van der Waals surface area contributed by atoms with Gasteiger partial charge < -0.3 is 15.5 Å². The maximum absolute atomic E-state index is 12.5. The van der Waals surface area contributed by atoms with E-state index in [0.717, 1.165) is 25.1 Å². The molecular formula is C17H23Cl2N3O2. The van der Waals surface area contributed by atoms with Crippen molar-refractivity contribution in [3.8, 4) is 0 Å². The van der Waals surface area contributed by atoms with Crippen LogP contribution in [0.4, 0.5) is 5.69 Å². The molecule has 0 aliphatic carbocycles. The molecule has 3 atom stereocenters. The first-order valence-corrected chi connectivity index (χ1v) is 8.50. The number of nitrogens with zero attached hydrogens (tertiary/aromatic N) is 1. The van der Waals surface area contributed by atoms with E-state index in [0.29, 0.717) is 17.6 Å². The van der Waals surface area contributed by atoms with E-state index in [1.807, 2.05) is 12.1 Å². The molecule has 1 aromatic rings. The van der Waals surface area contributed by atoms with Gasteiger partial charge >= 0.3 is 0 Å². The third-order valence-electron chi connectivity index (χ3n) is 4.60. The van der Waals surface area contributed by atoms with E-state index in [1.54, 1.807) is 17.0 Å². The van der Waals surface area contributed by atoms with Crippen LogP contribution in [0.5, 0.6) is 0 Å². The second-order valence-electron chi connectivity index (χ2n) is 6.47. The minimum Gasteiger partial charge on any atom is -0.353 e. The van der Waals surface area contributed by atoms with Gasteiger partial charge in [0.2, 0.25) is 11.8 Å². The molecule has 2 fully saturated rings. The predicted octanol–water partition coefficient (Wildman–Crippen LogP) is 2.37. The number of hydrogen-bond acceptors (Lipinski definition) is 3. The average Bonchev–Trinajstić information content (AvgIpc) is 2.90. The lowest BCUT2D eigenvalue weighted by Crippen LogP contribution is -2.48. The van der Waals surface area contributed by atoms with Gasteiger partial charge in [-0.2, -0.15) is 0 Å². The first-order valence-electron chi connectivity index (χ1n) is 8.12. The third kappa shape index (κ3) is 4.41. The number of carbonyl (C=O) groups is 2. The maximum Gasteiger partial charge on any atom is 0.227 e. The number of anilines is 1. The van der Waals surface area contributed by atoms with Crippen molar-refractivity contribution < 1.29 is 9.59 Å². The lowest BCUT2D eigenvalue weighted by molar-refractivity contribution is -0.127. The summed E-state index contributed by atoms with van der Waals surface area (Å²) in [5.41, 5.74) is 0.796. The van der Waals surface area contributed by atoms with Crippen molar-refractivity contribution in [1.29, 1.82) is 0 Å². The smallest absolute Gasteiger partial charge is 0.227 e. The zero-order chi connectivity index (χ0) is 16.4. The maximum atomic E-state index is 12.5. The van der Waals surface area contributed by atoms with Crippen LogP contribution in [0.25, 0.3) is 0 Å². The van der Waals surface area contributed by atoms with Crippen LogP contribution in [0, 0.1) is 5.92 Å². The topological polar surface area (TPSA) is 61.4 Å². The van der Waals surface area contributed by atoms with Crippen LogP contribution < -0.4 is 15.5 Å². The summed E-state index contributed by atoms with van der Waals surface area (Å²) >= 11 is 5.88. The molecule has 2 amide bonds. The van der Waals surface area contributed by atoms with E-state index in [1.165, 1.54) is 0 Å². The molecule has 132 valence electrons. The Morgan fingerprint density at radius 3 is 2.71 bits per heavy atom. The van der Waals surface area contributed by atoms with Crippen molar-refractivity contribution in [2.45, 2.75) is 38.3 Å². The number of amides is 2. The highest BCUT2D eigenvalue weighted by Crippen LogP contribution is 2.26. The Bertz CT molecular complexity index is 594. The van der Waals surface area contributed by atoms with E-state index >= 15 is 0 Å². The van der Waals surface area contributed by atoms with Crippen LogP contribution in [-0.2, 0) is 9.59 Å². The molecule has 1 aromatic carbocycles. The normalized spacial score (nSPS) is 26.8. The molecule has 0 spiro atoms. The molecule has 0 saturated carbocycles. The monoisotopic (exact) mass is 371 g/mol. The number of nitrogens with one attached hydrogen (secondary N) is 2. The standard InChI is InChI=1S/C17H22ClN3O2.ClH/c1-11-8-14(6-7-19-11)20-17(23)12-9-16(22)21(10-12)15-4-2-13(18)3-5-15;/h2-5,11-12,14,19H,6-10H2,1H3,(H,20,23);1H. The molecule has 24 heavy (non-hydrogen) atoms. The summed E-state index contributed by atoms with van der Waals surface area (Å²) in [5, 5.41) is 7.12. The lowest BCUT2D eigenvalue weighted by Gasteiger charge is -2.29. The minimum atomic E-state index is -0.275. The van der Waals surface area contributed by atoms with Crippen LogP contribution in [0.2, 0.25) is 5.02 Å². The summed E-state index contributed by atoms with van der Waals surface area (Å²) in [4.78, 5) is 26.4. The third-order valence-corrected chi connectivity index (χ3v) is 4.86. The van der Waals surface area contributed by atoms with Gasteiger partial charge in [0.15, 0.2) is 0 Å². The second kappa shape index (κ2) is 8.19. The quantitative estimate of drug-likeness (QED) is 0.857. The Hall–Kier alpha value is -1.30. The first-order chi connectivity index (χ1) is 11.0. The van der Waals surface area contributed by atoms with Gasteiger partial charge in [-0.1, -0.05) is 11.6 Å². The van der Waals surface area contributed by atoms with Gasteiger partial charge in [-0.3, -0.25) is 9.59 Å². The highest BCUT2D eigenvalue weighted by molar-refractivity contribution is 6.30. The van der Waals surface area contributed by atoms with Crippen LogP contribution in [-0.4, -0.2) is 37.0 Å². The van der Waals surface area contributed by atoms with E-state index in [-0.39, 0.29) is 42.6 Å². The highest BCUT2D eigenvalue weighted by atomic mass is 35.5. The van der Waals surface area contributed by atoms with Crippen molar-refractivity contribution in [1.82, 2.24) is 10.6 Å². The zero-order valence-electron chi connectivity index (χ0n) is 13.6. The summed E-state index contributed by atoms with van der Waals surface area (Å²) in [7, 11) is 0. The summed E-state index contributed by atoms with van der Waals surface area (Å²) in [6, 6.07) is 7.77. The number of piperidine rings is 1. The molecule has 2 heterocycles. The fourth-order valence-electron chi connectivity index (χ4n) is 3.34. The number of benzene rings is 1. The molecule has 2 aliphatic heterocycles. The molecule has 0 aromatic heterocycles. The van der Waals surface area contributed by atoms with E-state index < -0.39 is 0 Å². The molecule has 2 N–H and O–H groups in total. The number of halogens is 2. The zero-order valence-corrected chi connectivity index (χ0v) is 15.2. The first kappa shape index (κ1) is 19.0. The van der Waals surface area contributed by atoms with Crippen LogP contribution in [0.15, 0.2) is 24.3 Å². The molecule has 0 radical (unpaired) electrons. The number of hydrogen-bond donors (Lipinski definition) is 2. The van der Waals surface area contributed by atoms with Gasteiger partial charge in [0.1, 0.15) is 0 Å². The van der Waals surface area contributed by atoms with E-state index in [2.05, 4.69) is 17.6 Å². The average molecular weight is 372 g/mol. The molecule has 0 bridgehead atoms. The van der Waals surface area contributed by atoms with Gasteiger partial charge in [0, 0.05) is 35.8 Å². The van der Waals surface area contributed by atoms with Crippen molar-refractivity contribution in [2.75, 3.05) is 18.0 Å². The van der Waals surface area contributed by atoms with Gasteiger partial charge in [0.25, 0.3) is 0 Å². The van der Waals surface area contributed by atoms with Gasteiger partial charge in [0.05, 0.1) is 5.92 Å². The van der Waals surface area contributed by atoms with Crippen molar-refractivity contribution in [3.63, 3.8) is 0 Å². The van der Waals surface area contributed by atoms with E-state index in [4.69, 9.17) is 11.6 Å². The summed E-state index contributed by atoms with van der Waals surface area (Å²) in [6.45, 7) is 3.49. The van der Waals surface area contributed by atoms with Crippen molar-refractivity contribution in [3.05, 3.63) is 29.3 Å². The van der Waals surface area contributed by atoms with Crippen LogP contribution in [0.3, 0.4) is 0 Å². The predicted molar refractivity (Wildman–Crippen MR) is 97.8 cm³/mol. The Kier molecular flexibility index (Phi) is 6.49. The Morgan fingerprint density at radius 2 is 2.04 bits per heavy atom. The second-order valence-corrected chi connectivity index (χ2v) is 6.90. The summed E-state index contributed by atoms with van der Waals surface area (Å²) in [6.07, 6.45) is 2.15. The Morgan fingerprint density at radius 1 is 1.33 bits per heavy atom. The number of carbonyl (C=O) groups excluding carboxylic acids is 2. The fraction of sp³-hybridized carbons (Fsp3) is 0.529. The minimum absolute atomic E-state index is 0. The summed E-state index contributed by atoms with van der Waals surface area (Å²) < 4.78 is 0. The Balaban J connectivity index is 0.00000208. The molecule has 3 rings (SSSR count). The molecule has 3 unspecified atom stereocenters. The van der Waals surface area contributed by atoms with Gasteiger partial charge in [-0.05, 0) is 50.6 Å².